The highest BCUT2D eigenvalue weighted by Gasteiger charge is 2.28. The van der Waals surface area contributed by atoms with E-state index in [1.807, 2.05) is 6.92 Å². The number of ether oxygens (including phenoxy) is 2. The molecule has 2 rings (SSSR count). The quantitative estimate of drug-likeness (QED) is 0.850. The van der Waals surface area contributed by atoms with Crippen molar-refractivity contribution < 1.29 is 19.1 Å². The number of carbonyl (C=O) groups excluding carboxylic acids is 2. The first-order valence-corrected chi connectivity index (χ1v) is 8.44. The van der Waals surface area contributed by atoms with Gasteiger partial charge in [-0.2, -0.15) is 0 Å². The summed E-state index contributed by atoms with van der Waals surface area (Å²) in [7, 11) is 1.50. The minimum atomic E-state index is -0.369. The summed E-state index contributed by atoms with van der Waals surface area (Å²) in [6.45, 7) is 3.43. The van der Waals surface area contributed by atoms with Crippen LogP contribution in [0.3, 0.4) is 0 Å². The second-order valence-corrected chi connectivity index (χ2v) is 6.24. The number of rotatable bonds is 6. The zero-order valence-electron chi connectivity index (χ0n) is 14.0. The van der Waals surface area contributed by atoms with Gasteiger partial charge in [0.25, 0.3) is 5.91 Å². The maximum atomic E-state index is 12.7. The number of carbonyl (C=O) groups is 2. The van der Waals surface area contributed by atoms with E-state index in [0.29, 0.717) is 48.2 Å². The summed E-state index contributed by atoms with van der Waals surface area (Å²) in [5, 5.41) is 0.328. The number of hydrogen-bond donors (Lipinski definition) is 1. The Labute approximate surface area is 146 Å². The highest BCUT2D eigenvalue weighted by Crippen LogP contribution is 2.37. The largest absolute Gasteiger partial charge is 0.493 e. The smallest absolute Gasteiger partial charge is 0.254 e. The van der Waals surface area contributed by atoms with Gasteiger partial charge in [-0.1, -0.05) is 18.5 Å². The summed E-state index contributed by atoms with van der Waals surface area (Å²) in [4.78, 5) is 25.8. The molecule has 0 saturated carbocycles. The zero-order valence-corrected chi connectivity index (χ0v) is 14.8. The van der Waals surface area contributed by atoms with Gasteiger partial charge < -0.3 is 20.1 Å². The molecule has 6 nitrogen and oxygen atoms in total. The lowest BCUT2D eigenvalue weighted by Gasteiger charge is -2.31. The van der Waals surface area contributed by atoms with E-state index < -0.39 is 0 Å². The van der Waals surface area contributed by atoms with Crippen LogP contribution in [0.4, 0.5) is 0 Å². The molecule has 1 aliphatic rings. The summed E-state index contributed by atoms with van der Waals surface area (Å²) in [5.41, 5.74) is 5.78. The van der Waals surface area contributed by atoms with Gasteiger partial charge in [0.1, 0.15) is 0 Å². The van der Waals surface area contributed by atoms with Crippen LogP contribution in [-0.4, -0.2) is 43.5 Å². The van der Waals surface area contributed by atoms with Crippen LogP contribution in [0.25, 0.3) is 0 Å². The van der Waals surface area contributed by atoms with E-state index in [0.717, 1.165) is 12.8 Å². The van der Waals surface area contributed by atoms with Crippen molar-refractivity contribution in [3.8, 4) is 11.5 Å². The van der Waals surface area contributed by atoms with Crippen molar-refractivity contribution in [1.29, 1.82) is 0 Å². The van der Waals surface area contributed by atoms with E-state index in [-0.39, 0.29) is 17.7 Å². The zero-order chi connectivity index (χ0) is 17.7. The van der Waals surface area contributed by atoms with E-state index in [4.69, 9.17) is 26.8 Å². The number of nitrogens with zero attached hydrogens (tertiary/aromatic N) is 1. The normalized spacial score (nSPS) is 17.5. The second-order valence-electron chi connectivity index (χ2n) is 5.83. The lowest BCUT2D eigenvalue weighted by Crippen LogP contribution is -2.44. The van der Waals surface area contributed by atoms with Crippen LogP contribution in [0.1, 0.15) is 36.5 Å². The van der Waals surface area contributed by atoms with Crippen LogP contribution < -0.4 is 15.2 Å². The summed E-state index contributed by atoms with van der Waals surface area (Å²) in [6, 6.07) is 3.19. The Morgan fingerprint density at radius 2 is 2.17 bits per heavy atom. The van der Waals surface area contributed by atoms with Crippen molar-refractivity contribution in [3.05, 3.63) is 22.7 Å². The Morgan fingerprint density at radius 1 is 1.42 bits per heavy atom. The number of amides is 2. The topological polar surface area (TPSA) is 81.9 Å². The SMILES string of the molecule is CCCOc1c(Cl)cc(C(=O)N2CCCC(C(N)=O)C2)cc1OC. The molecule has 0 aromatic heterocycles. The van der Waals surface area contributed by atoms with Gasteiger partial charge in [-0.25, -0.2) is 0 Å². The fraction of sp³-hybridized carbons (Fsp3) is 0.529. The van der Waals surface area contributed by atoms with Crippen molar-refractivity contribution in [3.63, 3.8) is 0 Å². The molecule has 1 aromatic rings. The second kappa shape index (κ2) is 8.24. The summed E-state index contributed by atoms with van der Waals surface area (Å²) in [6.07, 6.45) is 2.30. The highest BCUT2D eigenvalue weighted by molar-refractivity contribution is 6.32. The number of benzene rings is 1. The van der Waals surface area contributed by atoms with Crippen LogP contribution in [0.5, 0.6) is 11.5 Å². The van der Waals surface area contributed by atoms with Gasteiger partial charge in [0.15, 0.2) is 11.5 Å². The molecule has 132 valence electrons. The fourth-order valence-electron chi connectivity index (χ4n) is 2.76. The molecule has 0 bridgehead atoms. The molecule has 1 fully saturated rings. The number of nitrogens with two attached hydrogens (primary N) is 1. The first kappa shape index (κ1) is 18.4. The average Bonchev–Trinajstić information content (AvgIpc) is 2.59. The number of hydrogen-bond acceptors (Lipinski definition) is 4. The molecule has 1 atom stereocenters. The first-order valence-electron chi connectivity index (χ1n) is 8.06. The molecule has 1 aromatic carbocycles. The third-order valence-electron chi connectivity index (χ3n) is 4.04. The monoisotopic (exact) mass is 354 g/mol. The molecular formula is C17H23ClN2O4. The van der Waals surface area contributed by atoms with Gasteiger partial charge >= 0.3 is 0 Å². The Balaban J connectivity index is 2.23. The Morgan fingerprint density at radius 3 is 2.79 bits per heavy atom. The van der Waals surface area contributed by atoms with Crippen LogP contribution in [0.2, 0.25) is 5.02 Å². The minimum Gasteiger partial charge on any atom is -0.493 e. The van der Waals surface area contributed by atoms with E-state index in [1.165, 1.54) is 7.11 Å². The molecule has 1 saturated heterocycles. The molecule has 0 radical (unpaired) electrons. The van der Waals surface area contributed by atoms with E-state index in [9.17, 15) is 9.59 Å². The predicted octanol–water partition coefficient (Wildman–Crippen LogP) is 2.47. The summed E-state index contributed by atoms with van der Waals surface area (Å²) >= 11 is 6.26. The molecule has 1 heterocycles. The maximum absolute atomic E-state index is 12.7. The Kier molecular flexibility index (Phi) is 6.31. The van der Waals surface area contributed by atoms with Crippen LogP contribution in [0, 0.1) is 5.92 Å². The molecular weight excluding hydrogens is 332 g/mol. The highest BCUT2D eigenvalue weighted by atomic mass is 35.5. The third kappa shape index (κ3) is 4.12. The first-order chi connectivity index (χ1) is 11.5. The number of halogens is 1. The van der Waals surface area contributed by atoms with Crippen molar-refractivity contribution in [2.45, 2.75) is 26.2 Å². The van der Waals surface area contributed by atoms with Gasteiger partial charge in [-0.05, 0) is 31.4 Å². The molecule has 24 heavy (non-hydrogen) atoms. The molecule has 0 aliphatic carbocycles. The van der Waals surface area contributed by atoms with Crippen LogP contribution in [0.15, 0.2) is 12.1 Å². The number of primary amides is 1. The predicted molar refractivity (Wildman–Crippen MR) is 91.6 cm³/mol. The lowest BCUT2D eigenvalue weighted by molar-refractivity contribution is -0.123. The number of methoxy groups -OCH3 is 1. The van der Waals surface area contributed by atoms with E-state index in [2.05, 4.69) is 0 Å². The van der Waals surface area contributed by atoms with Crippen molar-refractivity contribution in [2.75, 3.05) is 26.8 Å². The van der Waals surface area contributed by atoms with Gasteiger partial charge in [0.2, 0.25) is 5.91 Å². The van der Waals surface area contributed by atoms with Crippen LogP contribution >= 0.6 is 11.6 Å². The number of piperidine rings is 1. The fourth-order valence-corrected chi connectivity index (χ4v) is 3.03. The molecule has 2 amide bonds. The molecule has 7 heteroatoms. The molecule has 1 aliphatic heterocycles. The molecule has 2 N–H and O–H groups in total. The van der Waals surface area contributed by atoms with Crippen molar-refractivity contribution in [1.82, 2.24) is 4.90 Å². The van der Waals surface area contributed by atoms with Gasteiger partial charge in [0.05, 0.1) is 24.7 Å². The van der Waals surface area contributed by atoms with Gasteiger partial charge in [-0.3, -0.25) is 9.59 Å². The summed E-state index contributed by atoms with van der Waals surface area (Å²) in [5.74, 6) is -0.00386. The molecule has 0 spiro atoms. The van der Waals surface area contributed by atoms with E-state index in [1.54, 1.807) is 17.0 Å². The van der Waals surface area contributed by atoms with Crippen LogP contribution in [-0.2, 0) is 4.79 Å². The molecule has 1 unspecified atom stereocenters. The minimum absolute atomic E-state index is 0.191. The number of likely N-dealkylation sites (tertiary alicyclic amines) is 1. The standard InChI is InChI=1S/C17H23ClN2O4/c1-3-7-24-15-13(18)8-12(9-14(15)23-2)17(22)20-6-4-5-11(10-20)16(19)21/h8-9,11H,3-7,10H2,1-2H3,(H2,19,21). The van der Waals surface area contributed by atoms with Crippen molar-refractivity contribution >= 4 is 23.4 Å². The van der Waals surface area contributed by atoms with Gasteiger partial charge in [-0.15, -0.1) is 0 Å². The average molecular weight is 355 g/mol. The Hall–Kier alpha value is -1.95. The maximum Gasteiger partial charge on any atom is 0.254 e. The lowest BCUT2D eigenvalue weighted by atomic mass is 9.97. The van der Waals surface area contributed by atoms with E-state index >= 15 is 0 Å². The van der Waals surface area contributed by atoms with Crippen molar-refractivity contribution in [2.24, 2.45) is 11.7 Å². The third-order valence-corrected chi connectivity index (χ3v) is 4.32. The van der Waals surface area contributed by atoms with Gasteiger partial charge in [0, 0.05) is 18.7 Å². The summed E-state index contributed by atoms with van der Waals surface area (Å²) < 4.78 is 10.9. The Bertz CT molecular complexity index is 621.